The molecule has 2 saturated heterocycles. The van der Waals surface area contributed by atoms with Crippen LogP contribution in [0.15, 0.2) is 72.8 Å². The molecule has 2 unspecified atom stereocenters. The summed E-state index contributed by atoms with van der Waals surface area (Å²) >= 11 is 1.54. The highest BCUT2D eigenvalue weighted by Gasteiger charge is 2.57. The van der Waals surface area contributed by atoms with Crippen molar-refractivity contribution in [3.63, 3.8) is 0 Å². The lowest BCUT2D eigenvalue weighted by molar-refractivity contribution is -0.165. The van der Waals surface area contributed by atoms with Crippen LogP contribution in [0, 0.1) is 5.92 Å². The van der Waals surface area contributed by atoms with E-state index in [1.165, 1.54) is 16.7 Å². The molecule has 6 nitrogen and oxygen atoms in total. The van der Waals surface area contributed by atoms with Crippen LogP contribution < -0.4 is 5.32 Å². The first kappa shape index (κ1) is 23.7. The summed E-state index contributed by atoms with van der Waals surface area (Å²) in [5.41, 5.74) is 2.35. The molecule has 0 radical (unpaired) electrons. The number of hydrogen-bond donors (Lipinski definition) is 1. The van der Waals surface area contributed by atoms with Crippen molar-refractivity contribution in [2.75, 3.05) is 5.75 Å². The number of thioether (sulfide) groups is 1. The third kappa shape index (κ3) is 4.74. The molecule has 0 spiro atoms. The van der Waals surface area contributed by atoms with E-state index in [9.17, 15) is 14.4 Å². The van der Waals surface area contributed by atoms with E-state index in [1.807, 2.05) is 60.7 Å². The highest BCUT2D eigenvalue weighted by atomic mass is 32.2. The molecule has 2 aliphatic heterocycles. The molecule has 2 aromatic carbocycles. The predicted molar refractivity (Wildman–Crippen MR) is 135 cm³/mol. The SMILES string of the molecule is C=C1CS[C@@H]2C(NC(=O)C3CCCCC3)C(=O)N2C1C(=O)OC(c1ccccc1)c1ccccc1. The average molecular weight is 491 g/mol. The highest BCUT2D eigenvalue weighted by Crippen LogP contribution is 2.41. The Hall–Kier alpha value is -3.06. The van der Waals surface area contributed by atoms with Gasteiger partial charge in [0.25, 0.3) is 0 Å². The van der Waals surface area contributed by atoms with E-state index < -0.39 is 24.2 Å². The fraction of sp³-hybridized carbons (Fsp3) is 0.393. The second kappa shape index (κ2) is 10.3. The predicted octanol–water partition coefficient (Wildman–Crippen LogP) is 4.22. The van der Waals surface area contributed by atoms with Gasteiger partial charge in [-0.25, -0.2) is 4.79 Å². The number of carbonyl (C=O) groups excluding carboxylic acids is 3. The number of benzene rings is 2. The molecule has 1 aliphatic carbocycles. The Kier molecular flexibility index (Phi) is 6.95. The Balaban J connectivity index is 1.31. The molecule has 3 atom stereocenters. The minimum atomic E-state index is -0.855. The number of rotatable bonds is 6. The molecule has 2 amide bonds. The van der Waals surface area contributed by atoms with E-state index in [1.54, 1.807) is 0 Å². The maximum absolute atomic E-state index is 13.5. The van der Waals surface area contributed by atoms with Crippen molar-refractivity contribution in [1.29, 1.82) is 0 Å². The van der Waals surface area contributed by atoms with Crippen molar-refractivity contribution in [2.45, 2.75) is 55.7 Å². The largest absolute Gasteiger partial charge is 0.451 e. The smallest absolute Gasteiger partial charge is 0.334 e. The van der Waals surface area contributed by atoms with Crippen molar-refractivity contribution in [3.05, 3.63) is 83.9 Å². The zero-order valence-electron chi connectivity index (χ0n) is 19.6. The molecule has 7 heteroatoms. The molecule has 182 valence electrons. The third-order valence-corrected chi connectivity index (χ3v) is 8.50. The molecule has 3 aliphatic rings. The van der Waals surface area contributed by atoms with Gasteiger partial charge in [-0.3, -0.25) is 9.59 Å². The van der Waals surface area contributed by atoms with Crippen molar-refractivity contribution in [2.24, 2.45) is 5.92 Å². The molecular weight excluding hydrogens is 460 g/mol. The number of hydrogen-bond acceptors (Lipinski definition) is 5. The first-order chi connectivity index (χ1) is 17.0. The maximum Gasteiger partial charge on any atom is 0.334 e. The minimum Gasteiger partial charge on any atom is -0.451 e. The van der Waals surface area contributed by atoms with E-state index >= 15 is 0 Å². The van der Waals surface area contributed by atoms with Crippen LogP contribution in [0.3, 0.4) is 0 Å². The van der Waals surface area contributed by atoms with Crippen molar-refractivity contribution in [3.8, 4) is 0 Å². The van der Waals surface area contributed by atoms with Crippen LogP contribution in [0.2, 0.25) is 0 Å². The van der Waals surface area contributed by atoms with Crippen molar-refractivity contribution < 1.29 is 19.1 Å². The summed E-state index contributed by atoms with van der Waals surface area (Å²) in [5, 5.41) is 2.68. The summed E-state index contributed by atoms with van der Waals surface area (Å²) in [6.45, 7) is 4.08. The van der Waals surface area contributed by atoms with Gasteiger partial charge in [0, 0.05) is 11.7 Å². The molecule has 0 bridgehead atoms. The number of fused-ring (bicyclic) bond motifs is 1. The normalized spacial score (nSPS) is 24.5. The Labute approximate surface area is 210 Å². The second-order valence-electron chi connectivity index (χ2n) is 9.47. The van der Waals surface area contributed by atoms with Gasteiger partial charge in [0.05, 0.1) is 0 Å². The number of esters is 1. The second-order valence-corrected chi connectivity index (χ2v) is 10.6. The zero-order valence-corrected chi connectivity index (χ0v) is 20.4. The summed E-state index contributed by atoms with van der Waals surface area (Å²) in [7, 11) is 0. The van der Waals surface area contributed by atoms with Crippen LogP contribution in [-0.2, 0) is 19.1 Å². The van der Waals surface area contributed by atoms with Gasteiger partial charge in [0.1, 0.15) is 11.4 Å². The van der Waals surface area contributed by atoms with E-state index in [2.05, 4.69) is 11.9 Å². The van der Waals surface area contributed by atoms with Gasteiger partial charge in [-0.05, 0) is 29.5 Å². The van der Waals surface area contributed by atoms with Crippen LogP contribution >= 0.6 is 11.8 Å². The van der Waals surface area contributed by atoms with Crippen molar-refractivity contribution >= 4 is 29.5 Å². The lowest BCUT2D eigenvalue weighted by Crippen LogP contribution is -2.75. The molecule has 5 rings (SSSR count). The molecule has 35 heavy (non-hydrogen) atoms. The van der Waals surface area contributed by atoms with E-state index in [0.717, 1.165) is 43.2 Å². The van der Waals surface area contributed by atoms with Gasteiger partial charge < -0.3 is 15.0 Å². The van der Waals surface area contributed by atoms with Gasteiger partial charge in [0.2, 0.25) is 11.8 Å². The number of β-lactam (4-membered cyclic amide) rings is 1. The first-order valence-corrected chi connectivity index (χ1v) is 13.3. The number of nitrogens with one attached hydrogen (secondary N) is 1. The Morgan fingerprint density at radius 3 is 2.17 bits per heavy atom. The standard InChI is InChI=1S/C28H30N2O4S/c1-18-17-35-27-22(29-25(31)21-15-9-4-10-16-21)26(32)30(27)23(18)28(33)34-24(19-11-5-2-6-12-19)20-13-7-3-8-14-20/h2-3,5-8,11-14,21-24,27H,1,4,9-10,15-17H2,(H,29,31)/t22?,23?,27-/m1/s1. The fourth-order valence-electron chi connectivity index (χ4n) is 5.22. The number of carbonyl (C=O) groups is 3. The molecule has 1 N–H and O–H groups in total. The summed E-state index contributed by atoms with van der Waals surface area (Å²) in [4.78, 5) is 41.0. The average Bonchev–Trinajstić information content (AvgIpc) is 2.91. The first-order valence-electron chi connectivity index (χ1n) is 12.3. The Morgan fingerprint density at radius 1 is 0.971 bits per heavy atom. The lowest BCUT2D eigenvalue weighted by atomic mass is 9.88. The summed E-state index contributed by atoms with van der Waals surface area (Å²) < 4.78 is 6.05. The Bertz CT molecular complexity index is 1060. The van der Waals surface area contributed by atoms with E-state index in [4.69, 9.17) is 4.74 Å². The minimum absolute atomic E-state index is 0.0209. The maximum atomic E-state index is 13.5. The molecule has 1 saturated carbocycles. The van der Waals surface area contributed by atoms with Crippen LogP contribution in [0.25, 0.3) is 0 Å². The van der Waals surface area contributed by atoms with Gasteiger partial charge in [-0.2, -0.15) is 0 Å². The summed E-state index contributed by atoms with van der Waals surface area (Å²) in [6.07, 6.45) is 4.43. The van der Waals surface area contributed by atoms with Crippen LogP contribution in [0.4, 0.5) is 0 Å². The Morgan fingerprint density at radius 2 is 1.57 bits per heavy atom. The monoisotopic (exact) mass is 490 g/mol. The summed E-state index contributed by atoms with van der Waals surface area (Å²) in [6, 6.07) is 17.7. The van der Waals surface area contributed by atoms with Gasteiger partial charge in [-0.1, -0.05) is 86.5 Å². The van der Waals surface area contributed by atoms with Gasteiger partial charge in [-0.15, -0.1) is 11.8 Å². The number of nitrogens with zero attached hydrogens (tertiary/aromatic N) is 1. The molecule has 3 fully saturated rings. The quantitative estimate of drug-likeness (QED) is 0.373. The lowest BCUT2D eigenvalue weighted by Gasteiger charge is -2.53. The number of amides is 2. The molecule has 0 aromatic heterocycles. The van der Waals surface area contributed by atoms with Crippen LogP contribution in [0.1, 0.15) is 49.3 Å². The van der Waals surface area contributed by atoms with Gasteiger partial charge >= 0.3 is 5.97 Å². The molecule has 2 aromatic rings. The van der Waals surface area contributed by atoms with Gasteiger partial charge in [0.15, 0.2) is 12.1 Å². The molecular formula is C28H30N2O4S. The zero-order chi connectivity index (χ0) is 24.4. The molecule has 2 heterocycles. The van der Waals surface area contributed by atoms with Crippen molar-refractivity contribution in [1.82, 2.24) is 10.2 Å². The highest BCUT2D eigenvalue weighted by molar-refractivity contribution is 8.00. The third-order valence-electron chi connectivity index (χ3n) is 7.12. The fourth-order valence-corrected chi connectivity index (χ4v) is 6.52. The topological polar surface area (TPSA) is 75.7 Å². The van der Waals surface area contributed by atoms with E-state index in [0.29, 0.717) is 11.3 Å². The van der Waals surface area contributed by atoms with Crippen LogP contribution in [-0.4, -0.2) is 45.9 Å². The summed E-state index contributed by atoms with van der Waals surface area (Å²) in [5.74, 6) is -0.271. The van der Waals surface area contributed by atoms with E-state index in [-0.39, 0.29) is 23.1 Å². The van der Waals surface area contributed by atoms with Crippen LogP contribution in [0.5, 0.6) is 0 Å². The number of ether oxygens (including phenoxy) is 1.